The molecule has 3 aromatic rings. The second-order valence-corrected chi connectivity index (χ2v) is 10.7. The molecule has 36 heavy (non-hydrogen) atoms. The summed E-state index contributed by atoms with van der Waals surface area (Å²) in [5.74, 6) is 1.80. The maximum absolute atomic E-state index is 14.0. The Kier molecular flexibility index (Phi) is 7.58. The van der Waals surface area contributed by atoms with E-state index < -0.39 is 5.76 Å². The topological polar surface area (TPSA) is 142 Å². The number of piperidine rings is 1. The van der Waals surface area contributed by atoms with Crippen molar-refractivity contribution in [3.8, 4) is 0 Å². The number of carbonyl (C=O) groups is 1. The summed E-state index contributed by atoms with van der Waals surface area (Å²) < 4.78 is 10.2. The molecule has 2 atom stereocenters. The third-order valence-corrected chi connectivity index (χ3v) is 6.13. The average molecular weight is 498 g/mol. The first-order chi connectivity index (χ1) is 17.1. The lowest BCUT2D eigenvalue weighted by Gasteiger charge is -2.38. The lowest BCUT2D eigenvalue weighted by Crippen LogP contribution is -2.52. The molecule has 194 valence electrons. The van der Waals surface area contributed by atoms with Crippen LogP contribution in [0.4, 0.5) is 5.82 Å². The van der Waals surface area contributed by atoms with Crippen LogP contribution in [-0.2, 0) is 12.0 Å². The minimum Gasteiger partial charge on any atom is -0.467 e. The summed E-state index contributed by atoms with van der Waals surface area (Å²) in [4.78, 5) is 39.3. The molecule has 0 spiro atoms. The largest absolute Gasteiger partial charge is 0.467 e. The second kappa shape index (κ2) is 10.7. The van der Waals surface area contributed by atoms with Gasteiger partial charge in [-0.15, -0.1) is 0 Å². The number of hydrogen-bond donors (Lipinski definition) is 3. The van der Waals surface area contributed by atoms with Crippen LogP contribution in [0.25, 0.3) is 0 Å². The van der Waals surface area contributed by atoms with E-state index in [9.17, 15) is 9.59 Å². The van der Waals surface area contributed by atoms with Crippen molar-refractivity contribution >= 4 is 11.7 Å². The Morgan fingerprint density at radius 2 is 2.11 bits per heavy atom. The van der Waals surface area contributed by atoms with Crippen LogP contribution >= 0.6 is 0 Å². The molecule has 0 radical (unpaired) electrons. The number of amides is 1. The number of nitrogens with one attached hydrogen (secondary N) is 3. The highest BCUT2D eigenvalue weighted by molar-refractivity contribution is 5.98. The number of aromatic nitrogens is 4. The van der Waals surface area contributed by atoms with Crippen molar-refractivity contribution in [3.05, 3.63) is 58.1 Å². The number of nitrogens with zero attached hydrogens (tertiary/aromatic N) is 4. The lowest BCUT2D eigenvalue weighted by atomic mass is 9.93. The standard InChI is InChI=1S/C25H35N7O4/c1-15(2)14-32(17-9-16(10-26-11-17)20-30-24(34)36-31-20)22(33)19-13-28-23(25(3,4)5)29-21(19)27-12-18-7-6-8-35-18/h6-8,13,15-17,26H,9-12,14H2,1-5H3,(H,27,28,29)(H,30,31,34)/t16-,17+/m1/s1. The number of rotatable bonds is 8. The zero-order chi connectivity index (χ0) is 25.9. The summed E-state index contributed by atoms with van der Waals surface area (Å²) in [6.45, 7) is 12.5. The smallest absolute Gasteiger partial charge is 0.438 e. The molecule has 1 fully saturated rings. The van der Waals surface area contributed by atoms with Crippen molar-refractivity contribution in [1.82, 2.24) is 30.3 Å². The lowest BCUT2D eigenvalue weighted by molar-refractivity contribution is 0.0607. The Labute approximate surface area is 210 Å². The Hall–Kier alpha value is -3.47. The van der Waals surface area contributed by atoms with Gasteiger partial charge < -0.3 is 20.0 Å². The van der Waals surface area contributed by atoms with E-state index in [0.717, 1.165) is 5.76 Å². The minimum absolute atomic E-state index is 0.0753. The predicted molar refractivity (Wildman–Crippen MR) is 134 cm³/mol. The molecule has 0 aliphatic carbocycles. The Balaban J connectivity index is 1.64. The van der Waals surface area contributed by atoms with Gasteiger partial charge in [0.05, 0.1) is 12.8 Å². The molecule has 0 bridgehead atoms. The monoisotopic (exact) mass is 497 g/mol. The predicted octanol–water partition coefficient (Wildman–Crippen LogP) is 2.90. The summed E-state index contributed by atoms with van der Waals surface area (Å²) in [5, 5.41) is 10.5. The summed E-state index contributed by atoms with van der Waals surface area (Å²) in [7, 11) is 0. The Morgan fingerprint density at radius 1 is 1.31 bits per heavy atom. The van der Waals surface area contributed by atoms with Crippen LogP contribution in [0.5, 0.6) is 0 Å². The van der Waals surface area contributed by atoms with E-state index in [0.29, 0.717) is 55.6 Å². The van der Waals surface area contributed by atoms with Crippen LogP contribution in [0, 0.1) is 5.92 Å². The molecule has 1 saturated heterocycles. The third kappa shape index (κ3) is 6.01. The highest BCUT2D eigenvalue weighted by Crippen LogP contribution is 2.27. The first kappa shape index (κ1) is 25.6. The fourth-order valence-electron chi connectivity index (χ4n) is 4.35. The Morgan fingerprint density at radius 3 is 2.75 bits per heavy atom. The summed E-state index contributed by atoms with van der Waals surface area (Å²) >= 11 is 0. The Bertz CT molecular complexity index is 1210. The number of anilines is 1. The van der Waals surface area contributed by atoms with E-state index in [-0.39, 0.29) is 29.2 Å². The molecule has 11 heteroatoms. The summed E-state index contributed by atoms with van der Waals surface area (Å²) in [5.41, 5.74) is 0.127. The van der Waals surface area contributed by atoms with Crippen LogP contribution in [-0.4, -0.2) is 56.6 Å². The molecule has 4 rings (SSSR count). The fraction of sp³-hybridized carbons (Fsp3) is 0.560. The molecule has 1 aliphatic heterocycles. The van der Waals surface area contributed by atoms with Gasteiger partial charge in [-0.2, -0.15) is 0 Å². The quantitative estimate of drug-likeness (QED) is 0.428. The molecule has 1 aliphatic rings. The number of aromatic amines is 1. The minimum atomic E-state index is -0.578. The van der Waals surface area contributed by atoms with Crippen molar-refractivity contribution in [2.75, 3.05) is 25.0 Å². The van der Waals surface area contributed by atoms with Gasteiger partial charge in [0.1, 0.15) is 23.0 Å². The van der Waals surface area contributed by atoms with Gasteiger partial charge in [0.2, 0.25) is 0 Å². The number of carbonyl (C=O) groups excluding carboxylic acids is 1. The van der Waals surface area contributed by atoms with Crippen molar-refractivity contribution < 1.29 is 13.7 Å². The second-order valence-electron chi connectivity index (χ2n) is 10.7. The van der Waals surface area contributed by atoms with Crippen molar-refractivity contribution in [2.24, 2.45) is 5.92 Å². The van der Waals surface area contributed by atoms with E-state index in [1.54, 1.807) is 12.5 Å². The first-order valence-corrected chi connectivity index (χ1v) is 12.3. The normalized spacial score (nSPS) is 18.4. The molecular formula is C25H35N7O4. The molecule has 4 heterocycles. The van der Waals surface area contributed by atoms with E-state index in [1.165, 1.54) is 0 Å². The molecule has 0 saturated carbocycles. The van der Waals surface area contributed by atoms with E-state index in [1.807, 2.05) is 37.8 Å². The molecular weight excluding hydrogens is 462 g/mol. The van der Waals surface area contributed by atoms with Crippen LogP contribution in [0.3, 0.4) is 0 Å². The van der Waals surface area contributed by atoms with Crippen molar-refractivity contribution in [2.45, 2.75) is 65.0 Å². The number of hydrogen-bond acceptors (Lipinski definition) is 9. The van der Waals surface area contributed by atoms with Gasteiger partial charge >= 0.3 is 5.76 Å². The van der Waals surface area contributed by atoms with Crippen LogP contribution < -0.4 is 16.4 Å². The van der Waals surface area contributed by atoms with Gasteiger partial charge in [0.25, 0.3) is 5.91 Å². The van der Waals surface area contributed by atoms with E-state index in [2.05, 4.69) is 39.6 Å². The van der Waals surface area contributed by atoms with Gasteiger partial charge in [-0.25, -0.2) is 14.8 Å². The highest BCUT2D eigenvalue weighted by Gasteiger charge is 2.34. The third-order valence-electron chi connectivity index (χ3n) is 6.13. The van der Waals surface area contributed by atoms with Gasteiger partial charge in [-0.3, -0.25) is 14.3 Å². The average Bonchev–Trinajstić information content (AvgIpc) is 3.52. The zero-order valence-electron chi connectivity index (χ0n) is 21.5. The van der Waals surface area contributed by atoms with Gasteiger partial charge in [0, 0.05) is 43.2 Å². The molecule has 3 N–H and O–H groups in total. The van der Waals surface area contributed by atoms with Gasteiger partial charge in [-0.1, -0.05) is 39.8 Å². The molecule has 3 aromatic heterocycles. The number of H-pyrrole nitrogens is 1. The SMILES string of the molecule is CC(C)CN(C(=O)c1cnc(C(C)(C)C)nc1NCc1ccco1)[C@@H]1CNC[C@H](c2noc(=O)[nH]2)C1. The summed E-state index contributed by atoms with van der Waals surface area (Å²) in [6.07, 6.45) is 3.88. The molecule has 0 unspecified atom stereocenters. The molecule has 0 aromatic carbocycles. The van der Waals surface area contributed by atoms with Gasteiger partial charge in [-0.05, 0) is 24.5 Å². The fourth-order valence-corrected chi connectivity index (χ4v) is 4.35. The van der Waals surface area contributed by atoms with Crippen LogP contribution in [0.2, 0.25) is 0 Å². The maximum atomic E-state index is 14.0. The zero-order valence-corrected chi connectivity index (χ0v) is 21.5. The van der Waals surface area contributed by atoms with Gasteiger partial charge in [0.15, 0.2) is 5.82 Å². The van der Waals surface area contributed by atoms with Crippen LogP contribution in [0.15, 0.2) is 38.3 Å². The van der Waals surface area contributed by atoms with Crippen LogP contribution in [0.1, 0.15) is 74.7 Å². The maximum Gasteiger partial charge on any atom is 0.438 e. The first-order valence-electron chi connectivity index (χ1n) is 12.3. The van der Waals surface area contributed by atoms with Crippen molar-refractivity contribution in [3.63, 3.8) is 0 Å². The highest BCUT2D eigenvalue weighted by atomic mass is 16.5. The molecule has 1 amide bonds. The molecule has 11 nitrogen and oxygen atoms in total. The van der Waals surface area contributed by atoms with E-state index in [4.69, 9.17) is 13.9 Å². The van der Waals surface area contributed by atoms with E-state index >= 15 is 0 Å². The number of furan rings is 1. The van der Waals surface area contributed by atoms with Crippen molar-refractivity contribution in [1.29, 1.82) is 0 Å². The summed E-state index contributed by atoms with van der Waals surface area (Å²) in [6, 6.07) is 3.58.